The lowest BCUT2D eigenvalue weighted by molar-refractivity contribution is -0.131. The lowest BCUT2D eigenvalue weighted by Crippen LogP contribution is -1.86. The number of carboxylic acids is 1. The van der Waals surface area contributed by atoms with Gasteiger partial charge in [0.05, 0.1) is 0 Å². The second kappa shape index (κ2) is 5.63. The minimum absolute atomic E-state index is 0.876. The van der Waals surface area contributed by atoms with Crippen LogP contribution in [-0.4, -0.2) is 11.1 Å². The fraction of sp³-hybridized carbons (Fsp3) is 0. The van der Waals surface area contributed by atoms with Gasteiger partial charge in [0.15, 0.2) is 0 Å². The monoisotopic (exact) mass is 274 g/mol. The zero-order valence-electron chi connectivity index (χ0n) is 11.4. The summed E-state index contributed by atoms with van der Waals surface area (Å²) >= 11 is 0. The van der Waals surface area contributed by atoms with Crippen LogP contribution in [-0.2, 0) is 4.79 Å². The zero-order chi connectivity index (χ0) is 14.7. The van der Waals surface area contributed by atoms with Crippen LogP contribution in [0.15, 0.2) is 72.8 Å². The minimum Gasteiger partial charge on any atom is -0.478 e. The van der Waals surface area contributed by atoms with Gasteiger partial charge in [0.1, 0.15) is 0 Å². The molecule has 0 radical (unpaired) electrons. The van der Waals surface area contributed by atoms with Gasteiger partial charge in [0.2, 0.25) is 0 Å². The molecule has 2 heteroatoms. The molecule has 0 atom stereocenters. The second-order valence-electron chi connectivity index (χ2n) is 4.82. The third kappa shape index (κ3) is 2.84. The summed E-state index contributed by atoms with van der Waals surface area (Å²) in [5.41, 5.74) is 3.18. The van der Waals surface area contributed by atoms with Crippen LogP contribution in [0.2, 0.25) is 0 Å². The van der Waals surface area contributed by atoms with Crippen LogP contribution in [0, 0.1) is 0 Å². The van der Waals surface area contributed by atoms with Crippen molar-refractivity contribution in [3.63, 3.8) is 0 Å². The molecule has 0 amide bonds. The Morgan fingerprint density at radius 1 is 0.857 bits per heavy atom. The molecule has 0 fully saturated rings. The molecule has 3 rings (SSSR count). The minimum atomic E-state index is -0.937. The molecule has 0 bridgehead atoms. The van der Waals surface area contributed by atoms with E-state index in [9.17, 15) is 4.79 Å². The highest BCUT2D eigenvalue weighted by Crippen LogP contribution is 2.28. The van der Waals surface area contributed by atoms with Crippen LogP contribution in [0.1, 0.15) is 5.56 Å². The number of benzene rings is 3. The van der Waals surface area contributed by atoms with Gasteiger partial charge in [-0.3, -0.25) is 0 Å². The first-order chi connectivity index (χ1) is 10.2. The molecular formula is C19H14O2. The molecule has 0 spiro atoms. The number of fused-ring (bicyclic) bond motifs is 1. The number of aliphatic carboxylic acids is 1. The van der Waals surface area contributed by atoms with E-state index in [1.807, 2.05) is 36.4 Å². The van der Waals surface area contributed by atoms with Crippen molar-refractivity contribution in [2.24, 2.45) is 0 Å². The summed E-state index contributed by atoms with van der Waals surface area (Å²) in [5, 5.41) is 11.1. The summed E-state index contributed by atoms with van der Waals surface area (Å²) in [5.74, 6) is -0.937. The Labute approximate surface area is 123 Å². The summed E-state index contributed by atoms with van der Waals surface area (Å²) in [6, 6.07) is 22.4. The van der Waals surface area contributed by atoms with E-state index in [0.29, 0.717) is 0 Å². The number of hydrogen-bond acceptors (Lipinski definition) is 1. The van der Waals surface area contributed by atoms with Crippen LogP contribution >= 0.6 is 0 Å². The number of rotatable bonds is 3. The Hall–Kier alpha value is -2.87. The highest BCUT2D eigenvalue weighted by atomic mass is 16.4. The van der Waals surface area contributed by atoms with Crippen molar-refractivity contribution in [2.75, 3.05) is 0 Å². The van der Waals surface area contributed by atoms with Crippen molar-refractivity contribution in [3.05, 3.63) is 78.4 Å². The smallest absolute Gasteiger partial charge is 0.328 e. The molecular weight excluding hydrogens is 260 g/mol. The molecule has 102 valence electrons. The fourth-order valence-electron chi connectivity index (χ4n) is 2.42. The molecule has 3 aromatic rings. The van der Waals surface area contributed by atoms with Crippen LogP contribution in [0.4, 0.5) is 0 Å². The fourth-order valence-corrected chi connectivity index (χ4v) is 2.42. The van der Waals surface area contributed by atoms with E-state index in [0.717, 1.165) is 17.2 Å². The molecule has 3 aromatic carbocycles. The van der Waals surface area contributed by atoms with Gasteiger partial charge in [-0.05, 0) is 33.5 Å². The van der Waals surface area contributed by atoms with E-state index in [1.165, 1.54) is 16.3 Å². The van der Waals surface area contributed by atoms with Gasteiger partial charge in [-0.2, -0.15) is 0 Å². The molecule has 0 saturated heterocycles. The highest BCUT2D eigenvalue weighted by molar-refractivity contribution is 5.96. The first-order valence-corrected chi connectivity index (χ1v) is 6.73. The van der Waals surface area contributed by atoms with Crippen molar-refractivity contribution in [3.8, 4) is 11.1 Å². The molecule has 0 aliphatic carbocycles. The van der Waals surface area contributed by atoms with Crippen LogP contribution in [0.5, 0.6) is 0 Å². The Kier molecular flexibility index (Phi) is 3.52. The summed E-state index contributed by atoms with van der Waals surface area (Å²) < 4.78 is 0. The van der Waals surface area contributed by atoms with Crippen molar-refractivity contribution in [1.29, 1.82) is 0 Å². The summed E-state index contributed by atoms with van der Waals surface area (Å²) in [4.78, 5) is 10.5. The SMILES string of the molecule is O=C(O)C=Cc1ccc(-c2cccc3ccccc23)cc1. The zero-order valence-corrected chi connectivity index (χ0v) is 11.4. The second-order valence-corrected chi connectivity index (χ2v) is 4.82. The molecule has 0 aliphatic heterocycles. The lowest BCUT2D eigenvalue weighted by Gasteiger charge is -2.07. The van der Waals surface area contributed by atoms with E-state index >= 15 is 0 Å². The van der Waals surface area contributed by atoms with Gasteiger partial charge in [-0.15, -0.1) is 0 Å². The van der Waals surface area contributed by atoms with Gasteiger partial charge in [0.25, 0.3) is 0 Å². The Morgan fingerprint density at radius 3 is 2.33 bits per heavy atom. The van der Waals surface area contributed by atoms with Gasteiger partial charge in [-0.1, -0.05) is 66.7 Å². The van der Waals surface area contributed by atoms with Crippen molar-refractivity contribution >= 4 is 22.8 Å². The maximum Gasteiger partial charge on any atom is 0.328 e. The van der Waals surface area contributed by atoms with Crippen molar-refractivity contribution in [1.82, 2.24) is 0 Å². The van der Waals surface area contributed by atoms with Gasteiger partial charge in [-0.25, -0.2) is 4.79 Å². The van der Waals surface area contributed by atoms with E-state index in [-0.39, 0.29) is 0 Å². The first-order valence-electron chi connectivity index (χ1n) is 6.73. The molecule has 2 nitrogen and oxygen atoms in total. The van der Waals surface area contributed by atoms with Gasteiger partial charge in [0, 0.05) is 6.08 Å². The van der Waals surface area contributed by atoms with Crippen molar-refractivity contribution < 1.29 is 9.90 Å². The molecule has 21 heavy (non-hydrogen) atoms. The largest absolute Gasteiger partial charge is 0.478 e. The molecule has 0 aromatic heterocycles. The number of carbonyl (C=O) groups is 1. The number of hydrogen-bond donors (Lipinski definition) is 1. The van der Waals surface area contributed by atoms with E-state index in [2.05, 4.69) is 30.3 Å². The van der Waals surface area contributed by atoms with E-state index in [1.54, 1.807) is 6.08 Å². The molecule has 0 heterocycles. The Morgan fingerprint density at radius 2 is 1.57 bits per heavy atom. The van der Waals surface area contributed by atoms with E-state index < -0.39 is 5.97 Å². The quantitative estimate of drug-likeness (QED) is 0.708. The van der Waals surface area contributed by atoms with Crippen molar-refractivity contribution in [2.45, 2.75) is 0 Å². The van der Waals surface area contributed by atoms with E-state index in [4.69, 9.17) is 5.11 Å². The molecule has 0 saturated carbocycles. The average Bonchev–Trinajstić information content (AvgIpc) is 2.53. The van der Waals surface area contributed by atoms with Crippen LogP contribution < -0.4 is 0 Å². The molecule has 1 N–H and O–H groups in total. The molecule has 0 aliphatic rings. The maximum atomic E-state index is 10.5. The average molecular weight is 274 g/mol. The normalized spacial score (nSPS) is 11.0. The Balaban J connectivity index is 2.01. The summed E-state index contributed by atoms with van der Waals surface area (Å²) in [7, 11) is 0. The topological polar surface area (TPSA) is 37.3 Å². The predicted octanol–water partition coefficient (Wildman–Crippen LogP) is 4.60. The third-order valence-electron chi connectivity index (χ3n) is 3.43. The maximum absolute atomic E-state index is 10.5. The van der Waals surface area contributed by atoms with Crippen LogP contribution in [0.3, 0.4) is 0 Å². The summed E-state index contributed by atoms with van der Waals surface area (Å²) in [6.45, 7) is 0. The third-order valence-corrected chi connectivity index (χ3v) is 3.43. The molecule has 0 unspecified atom stereocenters. The standard InChI is InChI=1S/C19H14O2/c20-19(21)13-10-14-8-11-16(12-9-14)18-7-3-5-15-4-1-2-6-17(15)18/h1-13H,(H,20,21). The number of carboxylic acid groups (broad SMARTS) is 1. The predicted molar refractivity (Wildman–Crippen MR) is 86.1 cm³/mol. The lowest BCUT2D eigenvalue weighted by atomic mass is 9.97. The first kappa shape index (κ1) is 13.1. The Bertz CT molecular complexity index is 809. The highest BCUT2D eigenvalue weighted by Gasteiger charge is 2.02. The van der Waals surface area contributed by atoms with Gasteiger partial charge >= 0.3 is 5.97 Å². The van der Waals surface area contributed by atoms with Crippen LogP contribution in [0.25, 0.3) is 28.0 Å². The summed E-state index contributed by atoms with van der Waals surface area (Å²) in [6.07, 6.45) is 2.74. The van der Waals surface area contributed by atoms with Gasteiger partial charge < -0.3 is 5.11 Å².